The zero-order valence-corrected chi connectivity index (χ0v) is 12.4. The molecular formula is C16H19ClN2O. The molecule has 20 heavy (non-hydrogen) atoms. The Bertz CT molecular complexity index is 629. The molecule has 0 radical (unpaired) electrons. The predicted molar refractivity (Wildman–Crippen MR) is 83.5 cm³/mol. The average Bonchev–Trinajstić information content (AvgIpc) is 2.48. The van der Waals surface area contributed by atoms with Crippen LogP contribution in [0.5, 0.6) is 0 Å². The topological polar surface area (TPSA) is 36.4 Å². The Morgan fingerprint density at radius 1 is 1.40 bits per heavy atom. The highest BCUT2D eigenvalue weighted by Crippen LogP contribution is 2.27. The van der Waals surface area contributed by atoms with Crippen molar-refractivity contribution >= 4 is 28.3 Å². The van der Waals surface area contributed by atoms with E-state index in [-0.39, 0.29) is 6.61 Å². The number of rotatable bonds is 2. The van der Waals surface area contributed by atoms with Gasteiger partial charge in [-0.2, -0.15) is 0 Å². The van der Waals surface area contributed by atoms with Gasteiger partial charge in [-0.05, 0) is 55.5 Å². The fraction of sp³-hybridized carbons (Fsp3) is 0.438. The second-order valence-electron chi connectivity index (χ2n) is 5.60. The van der Waals surface area contributed by atoms with Crippen LogP contribution >= 0.6 is 11.6 Å². The Morgan fingerprint density at radius 3 is 3.05 bits per heavy atom. The van der Waals surface area contributed by atoms with E-state index in [4.69, 9.17) is 16.6 Å². The largest absolute Gasteiger partial charge is 0.396 e. The fourth-order valence-electron chi connectivity index (χ4n) is 2.93. The van der Waals surface area contributed by atoms with Crippen molar-refractivity contribution < 1.29 is 5.11 Å². The quantitative estimate of drug-likeness (QED) is 0.921. The van der Waals surface area contributed by atoms with Gasteiger partial charge in [0.15, 0.2) is 0 Å². The highest BCUT2D eigenvalue weighted by Gasteiger charge is 2.20. The molecule has 0 aliphatic carbocycles. The number of aliphatic hydroxyl groups excluding tert-OH is 1. The Hall–Kier alpha value is -1.32. The summed E-state index contributed by atoms with van der Waals surface area (Å²) in [6, 6.07) is 7.95. The van der Waals surface area contributed by atoms with Crippen molar-refractivity contribution in [3.63, 3.8) is 0 Å². The van der Waals surface area contributed by atoms with Gasteiger partial charge in [-0.1, -0.05) is 11.6 Å². The number of benzene rings is 1. The zero-order valence-electron chi connectivity index (χ0n) is 11.6. The minimum atomic E-state index is 0.263. The van der Waals surface area contributed by atoms with Gasteiger partial charge in [-0.25, -0.2) is 4.98 Å². The standard InChI is InChI=1S/C16H19ClN2O/c1-11-7-16(19-6-2-3-12(9-19)10-20)18-15-5-4-13(17)8-14(11)15/h4-5,7-8,12,20H,2-3,6,9-10H2,1H3/t12-/m0/s1. The minimum absolute atomic E-state index is 0.263. The maximum absolute atomic E-state index is 9.35. The number of aliphatic hydroxyl groups is 1. The lowest BCUT2D eigenvalue weighted by molar-refractivity contribution is 0.208. The third-order valence-corrected chi connectivity index (χ3v) is 4.30. The first-order valence-electron chi connectivity index (χ1n) is 7.10. The molecule has 1 aromatic heterocycles. The van der Waals surface area contributed by atoms with Gasteiger partial charge < -0.3 is 10.0 Å². The van der Waals surface area contributed by atoms with Gasteiger partial charge in [0.1, 0.15) is 5.82 Å². The Kier molecular flexibility index (Phi) is 3.81. The second-order valence-corrected chi connectivity index (χ2v) is 6.03. The molecule has 1 saturated heterocycles. The normalized spacial score (nSPS) is 19.6. The summed E-state index contributed by atoms with van der Waals surface area (Å²) in [6.45, 7) is 4.26. The highest BCUT2D eigenvalue weighted by molar-refractivity contribution is 6.31. The number of fused-ring (bicyclic) bond motifs is 1. The molecule has 0 amide bonds. The smallest absolute Gasteiger partial charge is 0.129 e. The van der Waals surface area contributed by atoms with Crippen molar-refractivity contribution in [2.45, 2.75) is 19.8 Å². The third-order valence-electron chi connectivity index (χ3n) is 4.07. The van der Waals surface area contributed by atoms with E-state index in [1.165, 1.54) is 5.56 Å². The maximum atomic E-state index is 9.35. The van der Waals surface area contributed by atoms with Crippen molar-refractivity contribution in [1.82, 2.24) is 4.98 Å². The van der Waals surface area contributed by atoms with Gasteiger partial charge in [0.2, 0.25) is 0 Å². The Balaban J connectivity index is 1.98. The molecule has 3 rings (SSSR count). The van der Waals surface area contributed by atoms with Crippen LogP contribution in [0.3, 0.4) is 0 Å². The molecular weight excluding hydrogens is 272 g/mol. The number of hydrogen-bond donors (Lipinski definition) is 1. The van der Waals surface area contributed by atoms with Crippen molar-refractivity contribution in [3.05, 3.63) is 34.9 Å². The molecule has 0 bridgehead atoms. The van der Waals surface area contributed by atoms with Crippen molar-refractivity contribution in [2.24, 2.45) is 5.92 Å². The number of halogens is 1. The molecule has 0 spiro atoms. The van der Waals surface area contributed by atoms with Gasteiger partial charge in [0, 0.05) is 30.1 Å². The van der Waals surface area contributed by atoms with Crippen LogP contribution in [-0.2, 0) is 0 Å². The summed E-state index contributed by atoms with van der Waals surface area (Å²) in [5.74, 6) is 1.38. The molecule has 1 aliphatic rings. The number of pyridine rings is 1. The summed E-state index contributed by atoms with van der Waals surface area (Å²) in [7, 11) is 0. The van der Waals surface area contributed by atoms with E-state index >= 15 is 0 Å². The number of hydrogen-bond acceptors (Lipinski definition) is 3. The van der Waals surface area contributed by atoms with E-state index in [0.717, 1.165) is 47.7 Å². The molecule has 0 unspecified atom stereocenters. The third kappa shape index (κ3) is 2.60. The van der Waals surface area contributed by atoms with Gasteiger partial charge >= 0.3 is 0 Å². The first-order chi connectivity index (χ1) is 9.67. The molecule has 1 aromatic carbocycles. The number of nitrogens with zero attached hydrogens (tertiary/aromatic N) is 2. The lowest BCUT2D eigenvalue weighted by atomic mass is 9.99. The summed E-state index contributed by atoms with van der Waals surface area (Å²) in [6.07, 6.45) is 2.22. The molecule has 1 fully saturated rings. The highest BCUT2D eigenvalue weighted by atomic mass is 35.5. The predicted octanol–water partition coefficient (Wildman–Crippen LogP) is 3.41. The SMILES string of the molecule is Cc1cc(N2CCC[C@H](CO)C2)nc2ccc(Cl)cc12. The van der Waals surface area contributed by atoms with Crippen LogP contribution in [0.25, 0.3) is 10.9 Å². The van der Waals surface area contributed by atoms with Crippen molar-refractivity contribution in [3.8, 4) is 0 Å². The van der Waals surface area contributed by atoms with Crippen molar-refractivity contribution in [1.29, 1.82) is 0 Å². The number of aromatic nitrogens is 1. The molecule has 2 aromatic rings. The van der Waals surface area contributed by atoms with E-state index in [9.17, 15) is 5.11 Å². The second kappa shape index (κ2) is 5.58. The van der Waals surface area contributed by atoms with Gasteiger partial charge in [-0.3, -0.25) is 0 Å². The van der Waals surface area contributed by atoms with Crippen LogP contribution in [0.2, 0.25) is 5.02 Å². The van der Waals surface area contributed by atoms with E-state index in [0.29, 0.717) is 5.92 Å². The Morgan fingerprint density at radius 2 is 2.25 bits per heavy atom. The van der Waals surface area contributed by atoms with E-state index < -0.39 is 0 Å². The molecule has 0 saturated carbocycles. The van der Waals surface area contributed by atoms with Gasteiger partial charge in [-0.15, -0.1) is 0 Å². The van der Waals surface area contributed by atoms with Crippen LogP contribution in [0.15, 0.2) is 24.3 Å². The van der Waals surface area contributed by atoms with Crippen LogP contribution in [0.4, 0.5) is 5.82 Å². The summed E-state index contributed by atoms with van der Waals surface area (Å²) < 4.78 is 0. The van der Waals surface area contributed by atoms with Crippen molar-refractivity contribution in [2.75, 3.05) is 24.6 Å². The first-order valence-corrected chi connectivity index (χ1v) is 7.48. The number of aryl methyl sites for hydroxylation is 1. The molecule has 1 N–H and O–H groups in total. The van der Waals surface area contributed by atoms with E-state index in [2.05, 4.69) is 17.9 Å². The van der Waals surface area contributed by atoms with Crippen LogP contribution in [0, 0.1) is 12.8 Å². The maximum Gasteiger partial charge on any atom is 0.129 e. The van der Waals surface area contributed by atoms with Gasteiger partial charge in [0.05, 0.1) is 5.52 Å². The number of anilines is 1. The molecule has 1 aliphatic heterocycles. The lowest BCUT2D eigenvalue weighted by Gasteiger charge is -2.33. The molecule has 3 nitrogen and oxygen atoms in total. The van der Waals surface area contributed by atoms with Gasteiger partial charge in [0.25, 0.3) is 0 Å². The first kappa shape index (κ1) is 13.7. The number of piperidine rings is 1. The molecule has 4 heteroatoms. The minimum Gasteiger partial charge on any atom is -0.396 e. The molecule has 1 atom stereocenters. The Labute approximate surface area is 124 Å². The lowest BCUT2D eigenvalue weighted by Crippen LogP contribution is -2.37. The van der Waals surface area contributed by atoms with Crippen LogP contribution < -0.4 is 4.90 Å². The monoisotopic (exact) mass is 290 g/mol. The summed E-state index contributed by atoms with van der Waals surface area (Å²) in [5, 5.41) is 11.2. The fourth-order valence-corrected chi connectivity index (χ4v) is 3.10. The summed E-state index contributed by atoms with van der Waals surface area (Å²) in [4.78, 5) is 7.04. The molecule has 106 valence electrons. The van der Waals surface area contributed by atoms with Crippen LogP contribution in [0.1, 0.15) is 18.4 Å². The summed E-state index contributed by atoms with van der Waals surface area (Å²) >= 11 is 6.05. The van der Waals surface area contributed by atoms with E-state index in [1.807, 2.05) is 18.2 Å². The molecule has 2 heterocycles. The summed E-state index contributed by atoms with van der Waals surface area (Å²) in [5.41, 5.74) is 2.18. The zero-order chi connectivity index (χ0) is 14.1. The van der Waals surface area contributed by atoms with E-state index in [1.54, 1.807) is 0 Å². The van der Waals surface area contributed by atoms with Crippen LogP contribution in [-0.4, -0.2) is 29.8 Å². The average molecular weight is 291 g/mol.